The van der Waals surface area contributed by atoms with Crippen LogP contribution in [-0.4, -0.2) is 31.8 Å². The van der Waals surface area contributed by atoms with Crippen LogP contribution in [-0.2, 0) is 11.3 Å². The Morgan fingerprint density at radius 2 is 2.14 bits per heavy atom. The monoisotopic (exact) mass is 288 g/mol. The highest BCUT2D eigenvalue weighted by atomic mass is 16.5. The molecular formula is C18H28N2O. The Balaban J connectivity index is 1.79. The number of para-hydroxylation sites is 1. The third-order valence-corrected chi connectivity index (χ3v) is 4.81. The van der Waals surface area contributed by atoms with E-state index >= 15 is 0 Å². The number of anilines is 1. The fraction of sp³-hybridized carbons (Fsp3) is 0.667. The van der Waals surface area contributed by atoms with Gasteiger partial charge in [0.1, 0.15) is 0 Å². The van der Waals surface area contributed by atoms with Crippen LogP contribution in [0.2, 0.25) is 0 Å². The maximum atomic E-state index is 5.97. The molecule has 2 atom stereocenters. The molecule has 116 valence electrons. The predicted molar refractivity (Wildman–Crippen MR) is 87.7 cm³/mol. The molecule has 2 aliphatic heterocycles. The maximum Gasteiger partial charge on any atom is 0.0749 e. The zero-order valence-electron chi connectivity index (χ0n) is 13.3. The van der Waals surface area contributed by atoms with Gasteiger partial charge in [-0.15, -0.1) is 0 Å². The van der Waals surface area contributed by atoms with Gasteiger partial charge < -0.3 is 15.0 Å². The maximum absolute atomic E-state index is 5.97. The first kappa shape index (κ1) is 14.9. The van der Waals surface area contributed by atoms with Gasteiger partial charge in [0.25, 0.3) is 0 Å². The normalized spacial score (nSPS) is 26.5. The molecule has 3 nitrogen and oxygen atoms in total. The van der Waals surface area contributed by atoms with Gasteiger partial charge in [-0.05, 0) is 36.8 Å². The summed E-state index contributed by atoms with van der Waals surface area (Å²) < 4.78 is 5.97. The molecule has 2 unspecified atom stereocenters. The van der Waals surface area contributed by atoms with Gasteiger partial charge in [0.2, 0.25) is 0 Å². The Hall–Kier alpha value is -1.06. The van der Waals surface area contributed by atoms with Gasteiger partial charge in [-0.25, -0.2) is 0 Å². The molecule has 3 heteroatoms. The number of ether oxygens (including phenoxy) is 1. The van der Waals surface area contributed by atoms with Gasteiger partial charge >= 0.3 is 0 Å². The van der Waals surface area contributed by atoms with Crippen molar-refractivity contribution >= 4 is 5.69 Å². The van der Waals surface area contributed by atoms with Crippen LogP contribution in [0.4, 0.5) is 5.69 Å². The average molecular weight is 288 g/mol. The van der Waals surface area contributed by atoms with Gasteiger partial charge in [0.05, 0.1) is 6.10 Å². The van der Waals surface area contributed by atoms with Crippen LogP contribution in [0.3, 0.4) is 0 Å². The van der Waals surface area contributed by atoms with Crippen LogP contribution in [0.1, 0.15) is 38.7 Å². The molecule has 0 amide bonds. The third kappa shape index (κ3) is 3.58. The van der Waals surface area contributed by atoms with E-state index in [0.717, 1.165) is 26.2 Å². The molecule has 2 heterocycles. The van der Waals surface area contributed by atoms with Crippen LogP contribution < -0.4 is 10.2 Å². The highest BCUT2D eigenvalue weighted by Gasteiger charge is 2.26. The summed E-state index contributed by atoms with van der Waals surface area (Å²) in [5.74, 6) is 0.647. The van der Waals surface area contributed by atoms with E-state index in [1.807, 2.05) is 0 Å². The number of benzene rings is 1. The highest BCUT2D eigenvalue weighted by molar-refractivity contribution is 5.54. The molecule has 0 aliphatic carbocycles. The lowest BCUT2D eigenvalue weighted by atomic mass is 10.0. The lowest BCUT2D eigenvalue weighted by Gasteiger charge is -2.33. The van der Waals surface area contributed by atoms with Crippen molar-refractivity contribution in [3.05, 3.63) is 29.8 Å². The summed E-state index contributed by atoms with van der Waals surface area (Å²) in [6.45, 7) is 8.63. The molecule has 0 spiro atoms. The SMILES string of the molecule is CC(C)C1CN(CC2CCCCO2)c2ccccc2CN1. The number of fused-ring (bicyclic) bond motifs is 1. The summed E-state index contributed by atoms with van der Waals surface area (Å²) >= 11 is 0. The number of hydrogen-bond donors (Lipinski definition) is 1. The van der Waals surface area contributed by atoms with Crippen LogP contribution in [0.15, 0.2) is 24.3 Å². The van der Waals surface area contributed by atoms with Crippen molar-refractivity contribution in [3.8, 4) is 0 Å². The molecule has 1 aromatic carbocycles. The second-order valence-electron chi connectivity index (χ2n) is 6.75. The summed E-state index contributed by atoms with van der Waals surface area (Å²) in [6, 6.07) is 9.36. The smallest absolute Gasteiger partial charge is 0.0749 e. The Labute approximate surface area is 128 Å². The van der Waals surface area contributed by atoms with Crippen LogP contribution >= 0.6 is 0 Å². The largest absolute Gasteiger partial charge is 0.376 e. The Morgan fingerprint density at radius 1 is 1.29 bits per heavy atom. The van der Waals surface area contributed by atoms with E-state index in [2.05, 4.69) is 48.3 Å². The lowest BCUT2D eigenvalue weighted by Crippen LogP contribution is -2.45. The summed E-state index contributed by atoms with van der Waals surface area (Å²) in [5, 5.41) is 3.72. The molecule has 0 saturated carbocycles. The Kier molecular flexibility index (Phi) is 4.81. The molecule has 0 radical (unpaired) electrons. The third-order valence-electron chi connectivity index (χ3n) is 4.81. The minimum atomic E-state index is 0.401. The molecule has 1 fully saturated rings. The summed E-state index contributed by atoms with van der Waals surface area (Å²) in [7, 11) is 0. The van der Waals surface area contributed by atoms with Crippen molar-refractivity contribution in [2.75, 3.05) is 24.6 Å². The summed E-state index contributed by atoms with van der Waals surface area (Å²) in [5.41, 5.74) is 2.80. The summed E-state index contributed by atoms with van der Waals surface area (Å²) in [6.07, 6.45) is 4.14. The van der Waals surface area contributed by atoms with E-state index in [-0.39, 0.29) is 0 Å². The van der Waals surface area contributed by atoms with Crippen molar-refractivity contribution in [1.82, 2.24) is 5.32 Å². The molecular weight excluding hydrogens is 260 g/mol. The molecule has 0 bridgehead atoms. The number of hydrogen-bond acceptors (Lipinski definition) is 3. The molecule has 21 heavy (non-hydrogen) atoms. The number of nitrogens with zero attached hydrogens (tertiary/aromatic N) is 1. The predicted octanol–water partition coefficient (Wildman–Crippen LogP) is 3.19. The van der Waals surface area contributed by atoms with Gasteiger partial charge in [0.15, 0.2) is 0 Å². The van der Waals surface area contributed by atoms with Crippen LogP contribution in [0.5, 0.6) is 0 Å². The van der Waals surface area contributed by atoms with Crippen LogP contribution in [0.25, 0.3) is 0 Å². The fourth-order valence-electron chi connectivity index (χ4n) is 3.43. The molecule has 1 N–H and O–H groups in total. The fourth-order valence-corrected chi connectivity index (χ4v) is 3.43. The van der Waals surface area contributed by atoms with E-state index in [1.54, 1.807) is 0 Å². The van der Waals surface area contributed by atoms with Crippen molar-refractivity contribution in [3.63, 3.8) is 0 Å². The van der Waals surface area contributed by atoms with Gasteiger partial charge in [-0.1, -0.05) is 32.0 Å². The highest BCUT2D eigenvalue weighted by Crippen LogP contribution is 2.26. The average Bonchev–Trinajstić information content (AvgIpc) is 2.69. The molecule has 1 saturated heterocycles. The molecule has 0 aromatic heterocycles. The standard InChI is InChI=1S/C18H28N2O/c1-14(2)17-13-20(12-16-8-5-6-10-21-16)18-9-4-3-7-15(18)11-19-17/h3-4,7,9,14,16-17,19H,5-6,8,10-13H2,1-2H3. The van der Waals surface area contributed by atoms with Gasteiger partial charge in [0, 0.05) is 38.0 Å². The first-order chi connectivity index (χ1) is 10.2. The quantitative estimate of drug-likeness (QED) is 0.924. The number of rotatable bonds is 3. The lowest BCUT2D eigenvalue weighted by molar-refractivity contribution is 0.0207. The van der Waals surface area contributed by atoms with Crippen molar-refractivity contribution in [2.24, 2.45) is 5.92 Å². The van der Waals surface area contributed by atoms with E-state index in [9.17, 15) is 0 Å². The van der Waals surface area contributed by atoms with E-state index in [1.165, 1.54) is 30.5 Å². The van der Waals surface area contributed by atoms with E-state index in [0.29, 0.717) is 18.1 Å². The van der Waals surface area contributed by atoms with Gasteiger partial charge in [-0.3, -0.25) is 0 Å². The van der Waals surface area contributed by atoms with E-state index < -0.39 is 0 Å². The van der Waals surface area contributed by atoms with Crippen molar-refractivity contribution in [2.45, 2.75) is 51.8 Å². The first-order valence-electron chi connectivity index (χ1n) is 8.42. The Morgan fingerprint density at radius 3 is 2.90 bits per heavy atom. The zero-order chi connectivity index (χ0) is 14.7. The van der Waals surface area contributed by atoms with Crippen molar-refractivity contribution in [1.29, 1.82) is 0 Å². The van der Waals surface area contributed by atoms with E-state index in [4.69, 9.17) is 4.74 Å². The first-order valence-corrected chi connectivity index (χ1v) is 8.42. The second kappa shape index (κ2) is 6.80. The molecule has 2 aliphatic rings. The minimum Gasteiger partial charge on any atom is -0.376 e. The molecule has 1 aromatic rings. The summed E-state index contributed by atoms with van der Waals surface area (Å²) in [4.78, 5) is 2.55. The van der Waals surface area contributed by atoms with Crippen molar-refractivity contribution < 1.29 is 4.74 Å². The Bertz CT molecular complexity index is 454. The van der Waals surface area contributed by atoms with Crippen LogP contribution in [0, 0.1) is 5.92 Å². The topological polar surface area (TPSA) is 24.5 Å². The second-order valence-corrected chi connectivity index (χ2v) is 6.75. The minimum absolute atomic E-state index is 0.401. The number of nitrogens with one attached hydrogen (secondary N) is 1. The zero-order valence-corrected chi connectivity index (χ0v) is 13.3. The molecule has 3 rings (SSSR count). The van der Waals surface area contributed by atoms with Gasteiger partial charge in [-0.2, -0.15) is 0 Å².